The molecule has 2 rings (SSSR count). The maximum Gasteiger partial charge on any atom is 0.264 e. The van der Waals surface area contributed by atoms with Crippen molar-refractivity contribution >= 4 is 34.0 Å². The molecule has 0 saturated heterocycles. The molecule has 10 heteroatoms. The molecule has 0 bridgehead atoms. The number of hydrogen-bond donors (Lipinski definition) is 3. The van der Waals surface area contributed by atoms with Gasteiger partial charge < -0.3 is 10.6 Å². The van der Waals surface area contributed by atoms with Crippen LogP contribution in [-0.2, 0) is 10.0 Å². The third-order valence-electron chi connectivity index (χ3n) is 3.61. The van der Waals surface area contributed by atoms with Crippen LogP contribution in [0.2, 0.25) is 0 Å². The predicted molar refractivity (Wildman–Crippen MR) is 106 cm³/mol. The second-order valence-electron chi connectivity index (χ2n) is 5.73. The van der Waals surface area contributed by atoms with Gasteiger partial charge in [0.05, 0.1) is 11.3 Å². The average molecular weight is 434 g/mol. The highest BCUT2D eigenvalue weighted by atomic mass is 35.5. The first-order valence-corrected chi connectivity index (χ1v) is 9.89. The quantitative estimate of drug-likeness (QED) is 0.531. The Balaban J connectivity index is 0.00000392. The molecule has 2 aromatic carbocycles. The monoisotopic (exact) mass is 433 g/mol. The Hall–Kier alpha value is -2.23. The number of para-hydroxylation sites is 1. The lowest BCUT2D eigenvalue weighted by atomic mass is 10.1. The molecule has 0 fully saturated rings. The van der Waals surface area contributed by atoms with Crippen molar-refractivity contribution in [3.63, 3.8) is 0 Å². The molecule has 0 aliphatic rings. The highest BCUT2D eigenvalue weighted by Gasteiger charge is 2.22. The molecule has 3 N–H and O–H groups in total. The number of hydrogen-bond acceptors (Lipinski definition) is 4. The third kappa shape index (κ3) is 6.43. The van der Waals surface area contributed by atoms with Crippen molar-refractivity contribution in [2.24, 2.45) is 0 Å². The molecule has 0 radical (unpaired) electrons. The van der Waals surface area contributed by atoms with E-state index >= 15 is 0 Å². The molecule has 2 aromatic rings. The van der Waals surface area contributed by atoms with E-state index in [4.69, 9.17) is 0 Å². The van der Waals surface area contributed by atoms with Gasteiger partial charge in [-0.2, -0.15) is 0 Å². The van der Waals surface area contributed by atoms with E-state index in [9.17, 15) is 22.0 Å². The first-order chi connectivity index (χ1) is 12.8. The number of benzene rings is 2. The van der Waals surface area contributed by atoms with E-state index in [2.05, 4.69) is 15.4 Å². The molecular formula is C18H22ClF2N3O3S. The second-order valence-corrected chi connectivity index (χ2v) is 7.38. The van der Waals surface area contributed by atoms with Crippen LogP contribution in [0.5, 0.6) is 0 Å². The second kappa shape index (κ2) is 10.9. The summed E-state index contributed by atoms with van der Waals surface area (Å²) in [5.74, 6) is -2.46. The van der Waals surface area contributed by atoms with Gasteiger partial charge in [-0.1, -0.05) is 19.1 Å². The number of sulfonamides is 1. The molecule has 28 heavy (non-hydrogen) atoms. The van der Waals surface area contributed by atoms with Crippen LogP contribution in [0.15, 0.2) is 47.4 Å². The van der Waals surface area contributed by atoms with Gasteiger partial charge in [0.15, 0.2) is 0 Å². The maximum absolute atomic E-state index is 13.8. The SMILES string of the molecule is CCCNCCNC(=O)c1ccccc1NS(=O)(=O)c1cc(F)ccc1F.Cl. The van der Waals surface area contributed by atoms with E-state index in [1.807, 2.05) is 6.92 Å². The Morgan fingerprint density at radius 3 is 2.46 bits per heavy atom. The van der Waals surface area contributed by atoms with E-state index in [1.165, 1.54) is 18.2 Å². The van der Waals surface area contributed by atoms with Crippen molar-refractivity contribution in [1.29, 1.82) is 0 Å². The van der Waals surface area contributed by atoms with Crippen LogP contribution >= 0.6 is 12.4 Å². The van der Waals surface area contributed by atoms with Gasteiger partial charge in [-0.3, -0.25) is 9.52 Å². The van der Waals surface area contributed by atoms with Crippen molar-refractivity contribution in [3.05, 3.63) is 59.7 Å². The topological polar surface area (TPSA) is 87.3 Å². The Bertz CT molecular complexity index is 911. The van der Waals surface area contributed by atoms with Crippen LogP contribution in [-0.4, -0.2) is 34.0 Å². The summed E-state index contributed by atoms with van der Waals surface area (Å²) in [4.78, 5) is 11.5. The van der Waals surface area contributed by atoms with Crippen LogP contribution in [0.3, 0.4) is 0 Å². The van der Waals surface area contributed by atoms with Gasteiger partial charge in [0.1, 0.15) is 16.5 Å². The highest BCUT2D eigenvalue weighted by Crippen LogP contribution is 2.22. The lowest BCUT2D eigenvalue weighted by molar-refractivity contribution is 0.0955. The van der Waals surface area contributed by atoms with Crippen LogP contribution < -0.4 is 15.4 Å². The first-order valence-electron chi connectivity index (χ1n) is 8.41. The van der Waals surface area contributed by atoms with Crippen molar-refractivity contribution in [3.8, 4) is 0 Å². The van der Waals surface area contributed by atoms with Gasteiger partial charge in [-0.25, -0.2) is 17.2 Å². The lowest BCUT2D eigenvalue weighted by Crippen LogP contribution is -2.32. The fourth-order valence-corrected chi connectivity index (χ4v) is 3.48. The summed E-state index contributed by atoms with van der Waals surface area (Å²) < 4.78 is 54.1. The van der Waals surface area contributed by atoms with E-state index in [0.29, 0.717) is 19.2 Å². The molecule has 0 saturated carbocycles. The lowest BCUT2D eigenvalue weighted by Gasteiger charge is -2.13. The molecule has 0 aliphatic heterocycles. The number of amides is 1. The number of halogens is 3. The number of anilines is 1. The van der Waals surface area contributed by atoms with E-state index in [-0.39, 0.29) is 23.7 Å². The van der Waals surface area contributed by atoms with Crippen molar-refractivity contribution in [1.82, 2.24) is 10.6 Å². The zero-order chi connectivity index (χ0) is 19.9. The first kappa shape index (κ1) is 23.8. The molecule has 6 nitrogen and oxygen atoms in total. The smallest absolute Gasteiger partial charge is 0.264 e. The number of carbonyl (C=O) groups excluding carboxylic acids is 1. The summed E-state index contributed by atoms with van der Waals surface area (Å²) in [5, 5.41) is 5.80. The van der Waals surface area contributed by atoms with Gasteiger partial charge in [-0.05, 0) is 43.3 Å². The van der Waals surface area contributed by atoms with Crippen molar-refractivity contribution in [2.75, 3.05) is 24.4 Å². The molecule has 1 amide bonds. The third-order valence-corrected chi connectivity index (χ3v) is 4.99. The minimum atomic E-state index is -4.41. The van der Waals surface area contributed by atoms with E-state index in [0.717, 1.165) is 25.1 Å². The minimum absolute atomic E-state index is 0. The fourth-order valence-electron chi connectivity index (χ4n) is 2.31. The van der Waals surface area contributed by atoms with Gasteiger partial charge >= 0.3 is 0 Å². The van der Waals surface area contributed by atoms with Gasteiger partial charge in [0.2, 0.25) is 0 Å². The highest BCUT2D eigenvalue weighted by molar-refractivity contribution is 7.92. The summed E-state index contributed by atoms with van der Waals surface area (Å²) in [5.41, 5.74) is 0.0496. The van der Waals surface area contributed by atoms with Crippen LogP contribution in [0.25, 0.3) is 0 Å². The molecule has 0 unspecified atom stereocenters. The molecule has 0 aromatic heterocycles. The fraction of sp³-hybridized carbons (Fsp3) is 0.278. The summed E-state index contributed by atoms with van der Waals surface area (Å²) >= 11 is 0. The standard InChI is InChI=1S/C18H21F2N3O3S.ClH/c1-2-9-21-10-11-22-18(24)14-5-3-4-6-16(14)23-27(25,26)17-12-13(19)7-8-15(17)20;/h3-8,12,21,23H,2,9-11H2,1H3,(H,22,24);1H. The average Bonchev–Trinajstić information content (AvgIpc) is 2.63. The van der Waals surface area contributed by atoms with Crippen LogP contribution in [0, 0.1) is 11.6 Å². The summed E-state index contributed by atoms with van der Waals surface area (Å²) in [7, 11) is -4.41. The largest absolute Gasteiger partial charge is 0.351 e. The molecular weight excluding hydrogens is 412 g/mol. The van der Waals surface area contributed by atoms with Gasteiger partial charge in [0.25, 0.3) is 15.9 Å². The van der Waals surface area contributed by atoms with Crippen molar-refractivity contribution < 1.29 is 22.0 Å². The predicted octanol–water partition coefficient (Wildman–Crippen LogP) is 2.92. The van der Waals surface area contributed by atoms with Crippen LogP contribution in [0.1, 0.15) is 23.7 Å². The van der Waals surface area contributed by atoms with E-state index in [1.54, 1.807) is 6.07 Å². The van der Waals surface area contributed by atoms with Crippen LogP contribution in [0.4, 0.5) is 14.5 Å². The molecule has 0 spiro atoms. The molecule has 0 aliphatic carbocycles. The Morgan fingerprint density at radius 2 is 1.75 bits per heavy atom. The van der Waals surface area contributed by atoms with Gasteiger partial charge in [-0.15, -0.1) is 12.4 Å². The number of nitrogens with one attached hydrogen (secondary N) is 3. The Morgan fingerprint density at radius 1 is 1.04 bits per heavy atom. The minimum Gasteiger partial charge on any atom is -0.351 e. The normalized spacial score (nSPS) is 10.8. The maximum atomic E-state index is 13.8. The molecule has 0 atom stereocenters. The van der Waals surface area contributed by atoms with Crippen molar-refractivity contribution in [2.45, 2.75) is 18.2 Å². The zero-order valence-corrected chi connectivity index (χ0v) is 16.8. The molecule has 154 valence electrons. The number of rotatable bonds is 9. The molecule has 0 heterocycles. The Labute approximate surface area is 169 Å². The summed E-state index contributed by atoms with van der Waals surface area (Å²) in [6.07, 6.45) is 0.967. The summed E-state index contributed by atoms with van der Waals surface area (Å²) in [6.45, 7) is 3.78. The summed E-state index contributed by atoms with van der Waals surface area (Å²) in [6, 6.07) is 8.05. The van der Waals surface area contributed by atoms with Gasteiger partial charge in [0, 0.05) is 13.1 Å². The Kier molecular flexibility index (Phi) is 9.30. The zero-order valence-electron chi connectivity index (χ0n) is 15.2. The van der Waals surface area contributed by atoms with E-state index < -0.39 is 32.5 Å². The number of carbonyl (C=O) groups is 1.